The van der Waals surface area contributed by atoms with Crippen LogP contribution in [0.25, 0.3) is 0 Å². The lowest BCUT2D eigenvalue weighted by Crippen LogP contribution is -2.29. The van der Waals surface area contributed by atoms with Crippen LogP contribution in [0.5, 0.6) is 0 Å². The molecule has 1 aromatic heterocycles. The second-order valence-corrected chi connectivity index (χ2v) is 5.32. The number of aromatic nitrogens is 2. The zero-order valence-electron chi connectivity index (χ0n) is 9.75. The van der Waals surface area contributed by atoms with E-state index < -0.39 is 23.7 Å². The van der Waals surface area contributed by atoms with Gasteiger partial charge in [-0.1, -0.05) is 12.1 Å². The third-order valence-electron chi connectivity index (χ3n) is 2.58. The van der Waals surface area contributed by atoms with Crippen LogP contribution in [0.4, 0.5) is 17.6 Å². The Balaban J connectivity index is 2.50. The number of alkyl halides is 2. The van der Waals surface area contributed by atoms with Crippen LogP contribution >= 0.6 is 22.6 Å². The average Bonchev–Trinajstić information content (AvgIpc) is 2.60. The summed E-state index contributed by atoms with van der Waals surface area (Å²) in [5, 5.41) is 3.44. The van der Waals surface area contributed by atoms with Gasteiger partial charge in [0.15, 0.2) is 0 Å². The SMILES string of the molecule is CC(F)(F)C(c1ccc(F)cc1)n1cc(I)c(F)n1. The Kier molecular flexibility index (Phi) is 3.84. The molecule has 2 rings (SSSR count). The molecule has 0 aliphatic heterocycles. The fourth-order valence-corrected chi connectivity index (χ4v) is 2.20. The Labute approximate surface area is 120 Å². The lowest BCUT2D eigenvalue weighted by molar-refractivity contribution is -0.0221. The third kappa shape index (κ3) is 3.07. The number of benzene rings is 1. The number of rotatable bonds is 3. The molecule has 1 aromatic carbocycles. The predicted molar refractivity (Wildman–Crippen MR) is 70.1 cm³/mol. The summed E-state index contributed by atoms with van der Waals surface area (Å²) in [6.45, 7) is 0.716. The van der Waals surface area contributed by atoms with E-state index in [2.05, 4.69) is 5.10 Å². The van der Waals surface area contributed by atoms with Gasteiger partial charge in [0.1, 0.15) is 11.9 Å². The van der Waals surface area contributed by atoms with Gasteiger partial charge in [-0.2, -0.15) is 4.39 Å². The van der Waals surface area contributed by atoms with Crippen LogP contribution in [0.15, 0.2) is 30.5 Å². The van der Waals surface area contributed by atoms with Crippen molar-refractivity contribution in [3.8, 4) is 0 Å². The molecule has 1 atom stereocenters. The Bertz CT molecular complexity index is 555. The quantitative estimate of drug-likeness (QED) is 0.578. The Morgan fingerprint density at radius 3 is 2.21 bits per heavy atom. The first-order valence-corrected chi connectivity index (χ1v) is 6.40. The summed E-state index contributed by atoms with van der Waals surface area (Å²) in [5.74, 6) is -4.50. The fraction of sp³-hybridized carbons (Fsp3) is 0.250. The molecule has 0 amide bonds. The summed E-state index contributed by atoms with van der Waals surface area (Å²) in [5.41, 5.74) is 0.160. The van der Waals surface area contributed by atoms with E-state index in [0.717, 1.165) is 16.8 Å². The van der Waals surface area contributed by atoms with E-state index in [1.54, 1.807) is 22.6 Å². The van der Waals surface area contributed by atoms with Crippen molar-refractivity contribution < 1.29 is 17.6 Å². The molecule has 0 fully saturated rings. The Hall–Kier alpha value is -1.12. The summed E-state index contributed by atoms with van der Waals surface area (Å²) >= 11 is 1.67. The highest BCUT2D eigenvalue weighted by Gasteiger charge is 2.38. The van der Waals surface area contributed by atoms with E-state index in [-0.39, 0.29) is 9.13 Å². The largest absolute Gasteiger partial charge is 0.271 e. The van der Waals surface area contributed by atoms with Crippen molar-refractivity contribution in [1.29, 1.82) is 0 Å². The van der Waals surface area contributed by atoms with E-state index in [1.165, 1.54) is 18.3 Å². The maximum Gasteiger partial charge on any atom is 0.271 e. The van der Waals surface area contributed by atoms with Gasteiger partial charge in [-0.05, 0) is 40.3 Å². The van der Waals surface area contributed by atoms with Gasteiger partial charge in [0, 0.05) is 13.1 Å². The van der Waals surface area contributed by atoms with Gasteiger partial charge in [0.25, 0.3) is 5.92 Å². The molecule has 7 heteroatoms. The summed E-state index contributed by atoms with van der Waals surface area (Å²) in [7, 11) is 0. The van der Waals surface area contributed by atoms with E-state index in [4.69, 9.17) is 0 Å². The molecule has 0 saturated heterocycles. The normalized spacial score (nSPS) is 13.6. The highest BCUT2D eigenvalue weighted by atomic mass is 127. The van der Waals surface area contributed by atoms with Crippen molar-refractivity contribution in [2.45, 2.75) is 18.9 Å². The first kappa shape index (κ1) is 14.3. The molecule has 1 heterocycles. The molecule has 0 radical (unpaired) electrons. The van der Waals surface area contributed by atoms with Gasteiger partial charge in [-0.25, -0.2) is 13.2 Å². The van der Waals surface area contributed by atoms with Crippen LogP contribution in [0.1, 0.15) is 18.5 Å². The predicted octanol–water partition coefficient (Wildman–Crippen LogP) is 4.01. The number of nitrogens with zero attached hydrogens (tertiary/aromatic N) is 2. The molecule has 0 aliphatic carbocycles. The van der Waals surface area contributed by atoms with Crippen molar-refractivity contribution in [1.82, 2.24) is 9.78 Å². The van der Waals surface area contributed by atoms with Crippen LogP contribution in [-0.2, 0) is 0 Å². The number of halogens is 5. The minimum Gasteiger partial charge on any atom is -0.255 e. The molecule has 1 unspecified atom stereocenters. The summed E-state index contributed by atoms with van der Waals surface area (Å²) < 4.78 is 54.5. The van der Waals surface area contributed by atoms with Gasteiger partial charge in [0.2, 0.25) is 5.95 Å². The van der Waals surface area contributed by atoms with E-state index >= 15 is 0 Å². The van der Waals surface area contributed by atoms with Crippen molar-refractivity contribution in [3.05, 3.63) is 51.4 Å². The monoisotopic (exact) mass is 384 g/mol. The van der Waals surface area contributed by atoms with Gasteiger partial charge >= 0.3 is 0 Å². The van der Waals surface area contributed by atoms with Crippen molar-refractivity contribution in [3.63, 3.8) is 0 Å². The lowest BCUT2D eigenvalue weighted by atomic mass is 10.0. The molecule has 0 saturated carbocycles. The minimum absolute atomic E-state index is 0.147. The second-order valence-electron chi connectivity index (χ2n) is 4.16. The van der Waals surface area contributed by atoms with Gasteiger partial charge in [-0.15, -0.1) is 5.10 Å². The maximum absolute atomic E-state index is 13.7. The summed E-state index contributed by atoms with van der Waals surface area (Å²) in [6, 6.07) is 3.16. The molecule has 0 aliphatic rings. The molecule has 2 aromatic rings. The van der Waals surface area contributed by atoms with Crippen molar-refractivity contribution in [2.75, 3.05) is 0 Å². The molecule has 0 spiro atoms. The van der Waals surface area contributed by atoms with Crippen molar-refractivity contribution in [2.24, 2.45) is 0 Å². The first-order valence-electron chi connectivity index (χ1n) is 5.32. The minimum atomic E-state index is -3.17. The van der Waals surface area contributed by atoms with Gasteiger partial charge < -0.3 is 0 Å². The summed E-state index contributed by atoms with van der Waals surface area (Å²) in [4.78, 5) is 0. The average molecular weight is 384 g/mol. The van der Waals surface area contributed by atoms with E-state index in [0.29, 0.717) is 6.92 Å². The molecular weight excluding hydrogens is 375 g/mol. The molecule has 0 N–H and O–H groups in total. The third-order valence-corrected chi connectivity index (χ3v) is 3.30. The molecule has 19 heavy (non-hydrogen) atoms. The topological polar surface area (TPSA) is 17.8 Å². The zero-order chi connectivity index (χ0) is 14.2. The number of hydrogen-bond acceptors (Lipinski definition) is 1. The number of hydrogen-bond donors (Lipinski definition) is 0. The molecule has 102 valence electrons. The molecule has 2 nitrogen and oxygen atoms in total. The van der Waals surface area contributed by atoms with Crippen LogP contribution in [0.3, 0.4) is 0 Å². The van der Waals surface area contributed by atoms with Gasteiger partial charge in [-0.3, -0.25) is 4.68 Å². The highest BCUT2D eigenvalue weighted by molar-refractivity contribution is 14.1. The smallest absolute Gasteiger partial charge is 0.255 e. The Morgan fingerprint density at radius 2 is 1.79 bits per heavy atom. The van der Waals surface area contributed by atoms with Crippen molar-refractivity contribution >= 4 is 22.6 Å². The highest BCUT2D eigenvalue weighted by Crippen LogP contribution is 2.34. The van der Waals surface area contributed by atoms with Crippen LogP contribution in [-0.4, -0.2) is 15.7 Å². The van der Waals surface area contributed by atoms with E-state index in [1.807, 2.05) is 0 Å². The van der Waals surface area contributed by atoms with Gasteiger partial charge in [0.05, 0.1) is 3.57 Å². The van der Waals surface area contributed by atoms with Crippen LogP contribution in [0.2, 0.25) is 0 Å². The summed E-state index contributed by atoms with van der Waals surface area (Å²) in [6.07, 6.45) is 1.20. The molecule has 0 bridgehead atoms. The Morgan fingerprint density at radius 1 is 1.21 bits per heavy atom. The molecular formula is C12H9F4IN2. The fourth-order valence-electron chi connectivity index (χ4n) is 1.80. The first-order chi connectivity index (χ1) is 8.79. The lowest BCUT2D eigenvalue weighted by Gasteiger charge is -2.24. The van der Waals surface area contributed by atoms with Crippen LogP contribution < -0.4 is 0 Å². The van der Waals surface area contributed by atoms with Crippen LogP contribution in [0, 0.1) is 15.3 Å². The maximum atomic E-state index is 13.7. The standard InChI is InChI=1S/C12H9F4IN2/c1-12(15,16)10(7-2-4-8(13)5-3-7)19-6-9(17)11(14)18-19/h2-6,10H,1H3. The van der Waals surface area contributed by atoms with E-state index in [9.17, 15) is 17.6 Å². The second kappa shape index (κ2) is 5.10. The zero-order valence-corrected chi connectivity index (χ0v) is 11.9.